The van der Waals surface area contributed by atoms with Crippen molar-refractivity contribution in [3.8, 4) is 0 Å². The van der Waals surface area contributed by atoms with Crippen LogP contribution in [0.4, 0.5) is 14.5 Å². The third kappa shape index (κ3) is 4.47. The van der Waals surface area contributed by atoms with E-state index >= 15 is 0 Å². The van der Waals surface area contributed by atoms with E-state index in [-0.39, 0.29) is 4.90 Å². The van der Waals surface area contributed by atoms with E-state index in [1.54, 1.807) is 0 Å². The Morgan fingerprint density at radius 2 is 1.61 bits per heavy atom. The molecule has 2 aromatic carbocycles. The highest BCUT2D eigenvalue weighted by atomic mass is 35.5. The molecule has 0 bridgehead atoms. The summed E-state index contributed by atoms with van der Waals surface area (Å²) in [4.78, 5) is 11.6. The van der Waals surface area contributed by atoms with Gasteiger partial charge in [-0.1, -0.05) is 17.7 Å². The molecule has 0 atom stereocenters. The Labute approximate surface area is 136 Å². The minimum absolute atomic E-state index is 0.0910. The maximum absolute atomic E-state index is 13.4. The van der Waals surface area contributed by atoms with E-state index in [1.165, 1.54) is 24.3 Å². The molecule has 0 saturated heterocycles. The van der Waals surface area contributed by atoms with E-state index in [0.29, 0.717) is 5.02 Å². The summed E-state index contributed by atoms with van der Waals surface area (Å²) >= 11 is 5.66. The van der Waals surface area contributed by atoms with Crippen molar-refractivity contribution < 1.29 is 22.0 Å². The van der Waals surface area contributed by atoms with Crippen LogP contribution in [-0.4, -0.2) is 20.9 Å². The van der Waals surface area contributed by atoms with E-state index in [0.717, 1.165) is 18.2 Å². The van der Waals surface area contributed by atoms with Gasteiger partial charge in [0.25, 0.3) is 0 Å². The molecule has 0 spiro atoms. The standard InChI is InChI=1S/C14H11ClF2N2O3S/c15-9-4-6-10(7-5-9)23(21,22)18-8-13(20)19-14-11(16)2-1-3-12(14)17/h1-7,18H,8H2,(H,19,20). The van der Waals surface area contributed by atoms with Crippen molar-refractivity contribution in [3.63, 3.8) is 0 Å². The Hall–Kier alpha value is -2.03. The van der Waals surface area contributed by atoms with Crippen LogP contribution in [0, 0.1) is 11.6 Å². The normalized spacial score (nSPS) is 11.3. The molecule has 5 nitrogen and oxygen atoms in total. The molecule has 0 aliphatic rings. The Kier molecular flexibility index (Phi) is 5.30. The molecule has 122 valence electrons. The van der Waals surface area contributed by atoms with Crippen molar-refractivity contribution in [2.24, 2.45) is 0 Å². The maximum atomic E-state index is 13.4. The van der Waals surface area contributed by atoms with Crippen molar-refractivity contribution in [2.45, 2.75) is 4.90 Å². The fourth-order valence-electron chi connectivity index (χ4n) is 1.66. The van der Waals surface area contributed by atoms with Gasteiger partial charge in [0.1, 0.15) is 17.3 Å². The van der Waals surface area contributed by atoms with Crippen LogP contribution in [0.2, 0.25) is 5.02 Å². The first-order chi connectivity index (χ1) is 10.8. The largest absolute Gasteiger partial charge is 0.320 e. The van der Waals surface area contributed by atoms with Gasteiger partial charge in [-0.25, -0.2) is 21.9 Å². The summed E-state index contributed by atoms with van der Waals surface area (Å²) in [6.45, 7) is -0.682. The summed E-state index contributed by atoms with van der Waals surface area (Å²) in [6.07, 6.45) is 0. The lowest BCUT2D eigenvalue weighted by molar-refractivity contribution is -0.115. The summed E-state index contributed by atoms with van der Waals surface area (Å²) in [5, 5.41) is 2.33. The van der Waals surface area contributed by atoms with Gasteiger partial charge >= 0.3 is 0 Å². The first-order valence-electron chi connectivity index (χ1n) is 6.29. The molecular weight excluding hydrogens is 350 g/mol. The molecule has 2 N–H and O–H groups in total. The minimum Gasteiger partial charge on any atom is -0.320 e. The number of para-hydroxylation sites is 1. The van der Waals surface area contributed by atoms with Crippen LogP contribution in [-0.2, 0) is 14.8 Å². The highest BCUT2D eigenvalue weighted by molar-refractivity contribution is 7.89. The zero-order valence-electron chi connectivity index (χ0n) is 11.5. The Morgan fingerprint density at radius 3 is 2.17 bits per heavy atom. The molecule has 2 rings (SSSR count). The lowest BCUT2D eigenvalue weighted by Crippen LogP contribution is -2.33. The number of hydrogen-bond acceptors (Lipinski definition) is 3. The summed E-state index contributed by atoms with van der Waals surface area (Å²) in [5.74, 6) is -2.83. The van der Waals surface area contributed by atoms with Gasteiger partial charge in [0, 0.05) is 5.02 Å². The van der Waals surface area contributed by atoms with E-state index in [4.69, 9.17) is 11.6 Å². The molecule has 0 unspecified atom stereocenters. The first-order valence-corrected chi connectivity index (χ1v) is 8.15. The fraction of sp³-hybridized carbons (Fsp3) is 0.0714. The van der Waals surface area contributed by atoms with Crippen LogP contribution in [0.1, 0.15) is 0 Å². The number of amides is 1. The lowest BCUT2D eigenvalue weighted by Gasteiger charge is -2.09. The minimum atomic E-state index is -3.94. The Bertz CT molecular complexity index is 806. The molecule has 0 heterocycles. The number of rotatable bonds is 5. The molecule has 0 aromatic heterocycles. The van der Waals surface area contributed by atoms with Gasteiger partial charge in [0.2, 0.25) is 15.9 Å². The van der Waals surface area contributed by atoms with Crippen molar-refractivity contribution in [2.75, 3.05) is 11.9 Å². The summed E-state index contributed by atoms with van der Waals surface area (Å²) in [5.41, 5.74) is -0.636. The number of halogens is 3. The average Bonchev–Trinajstić information content (AvgIpc) is 2.50. The molecule has 1 amide bonds. The first kappa shape index (κ1) is 17.3. The predicted octanol–water partition coefficient (Wildman–Crippen LogP) is 2.54. The van der Waals surface area contributed by atoms with Crippen LogP contribution in [0.5, 0.6) is 0 Å². The fourth-order valence-corrected chi connectivity index (χ4v) is 2.77. The molecule has 0 aliphatic heterocycles. The summed E-state index contributed by atoms with van der Waals surface area (Å²) in [6, 6.07) is 8.37. The third-order valence-electron chi connectivity index (χ3n) is 2.77. The SMILES string of the molecule is O=C(CNS(=O)(=O)c1ccc(Cl)cc1)Nc1c(F)cccc1F. The van der Waals surface area contributed by atoms with Gasteiger partial charge in [0.05, 0.1) is 11.4 Å². The molecule has 23 heavy (non-hydrogen) atoms. The molecule has 0 aliphatic carbocycles. The van der Waals surface area contributed by atoms with Crippen LogP contribution in [0.25, 0.3) is 0 Å². The van der Waals surface area contributed by atoms with Gasteiger partial charge < -0.3 is 5.32 Å². The zero-order chi connectivity index (χ0) is 17.0. The topological polar surface area (TPSA) is 75.3 Å². The monoisotopic (exact) mass is 360 g/mol. The number of nitrogens with one attached hydrogen (secondary N) is 2. The van der Waals surface area contributed by atoms with Crippen LogP contribution in [0.3, 0.4) is 0 Å². The molecule has 9 heteroatoms. The van der Waals surface area contributed by atoms with Crippen molar-refractivity contribution in [3.05, 3.63) is 59.1 Å². The molecule has 0 radical (unpaired) electrons. The van der Waals surface area contributed by atoms with Crippen LogP contribution in [0.15, 0.2) is 47.4 Å². The quantitative estimate of drug-likeness (QED) is 0.860. The highest BCUT2D eigenvalue weighted by Crippen LogP contribution is 2.18. The smallest absolute Gasteiger partial charge is 0.241 e. The maximum Gasteiger partial charge on any atom is 0.241 e. The number of anilines is 1. The van der Waals surface area contributed by atoms with Gasteiger partial charge in [-0.3, -0.25) is 4.79 Å². The molecule has 0 fully saturated rings. The van der Waals surface area contributed by atoms with E-state index in [1.807, 2.05) is 10.0 Å². The molecular formula is C14H11ClF2N2O3S. The molecule has 0 saturated carbocycles. The Balaban J connectivity index is 2.03. The number of carbonyl (C=O) groups is 1. The van der Waals surface area contributed by atoms with E-state index < -0.39 is 39.8 Å². The van der Waals surface area contributed by atoms with Gasteiger partial charge in [-0.2, -0.15) is 0 Å². The van der Waals surface area contributed by atoms with Crippen molar-refractivity contribution in [1.82, 2.24) is 4.72 Å². The van der Waals surface area contributed by atoms with Crippen molar-refractivity contribution in [1.29, 1.82) is 0 Å². The summed E-state index contributed by atoms with van der Waals surface area (Å²) < 4.78 is 52.7. The number of hydrogen-bond donors (Lipinski definition) is 2. The van der Waals surface area contributed by atoms with Crippen LogP contribution < -0.4 is 10.0 Å². The van der Waals surface area contributed by atoms with E-state index in [2.05, 4.69) is 0 Å². The molecule has 2 aromatic rings. The van der Waals surface area contributed by atoms with Gasteiger partial charge in [-0.05, 0) is 36.4 Å². The second kappa shape index (κ2) is 7.03. The van der Waals surface area contributed by atoms with Gasteiger partial charge in [-0.15, -0.1) is 0 Å². The highest BCUT2D eigenvalue weighted by Gasteiger charge is 2.17. The number of sulfonamides is 1. The number of carbonyl (C=O) groups excluding carboxylic acids is 1. The zero-order valence-corrected chi connectivity index (χ0v) is 13.1. The van der Waals surface area contributed by atoms with Crippen LogP contribution >= 0.6 is 11.6 Å². The van der Waals surface area contributed by atoms with Crippen molar-refractivity contribution >= 4 is 33.2 Å². The Morgan fingerprint density at radius 1 is 1.04 bits per heavy atom. The summed E-state index contributed by atoms with van der Waals surface area (Å²) in [7, 11) is -3.94. The third-order valence-corrected chi connectivity index (χ3v) is 4.44. The van der Waals surface area contributed by atoms with Gasteiger partial charge in [0.15, 0.2) is 0 Å². The lowest BCUT2D eigenvalue weighted by atomic mass is 10.3. The number of benzene rings is 2. The second-order valence-electron chi connectivity index (χ2n) is 4.42. The average molecular weight is 361 g/mol. The predicted molar refractivity (Wildman–Crippen MR) is 81.6 cm³/mol. The van der Waals surface area contributed by atoms with E-state index in [9.17, 15) is 22.0 Å². The second-order valence-corrected chi connectivity index (χ2v) is 6.63.